The van der Waals surface area contributed by atoms with Crippen molar-refractivity contribution in [2.75, 3.05) is 52.1 Å². The molecule has 22 heavy (non-hydrogen) atoms. The maximum Gasteiger partial charge on any atom is 0.211 e. The maximum absolute atomic E-state index is 11.5. The Labute approximate surface area is 136 Å². The van der Waals surface area contributed by atoms with Gasteiger partial charge in [-0.25, -0.2) is 13.1 Å². The summed E-state index contributed by atoms with van der Waals surface area (Å²) in [7, 11) is -1.55. The average Bonchev–Trinajstić information content (AvgIpc) is 2.76. The average molecular weight is 332 g/mol. The third kappa shape index (κ3) is 6.52. The van der Waals surface area contributed by atoms with Crippen LogP contribution in [0.25, 0.3) is 0 Å². The molecule has 0 aromatic carbocycles. The summed E-state index contributed by atoms with van der Waals surface area (Å²) in [6.07, 6.45) is 8.84. The zero-order valence-corrected chi connectivity index (χ0v) is 14.9. The van der Waals surface area contributed by atoms with E-state index in [1.165, 1.54) is 65.2 Å². The first kappa shape index (κ1) is 18.2. The van der Waals surface area contributed by atoms with Gasteiger partial charge in [0, 0.05) is 13.1 Å². The van der Waals surface area contributed by atoms with Crippen LogP contribution in [0.1, 0.15) is 44.9 Å². The first-order valence-corrected chi connectivity index (χ1v) is 10.6. The summed E-state index contributed by atoms with van der Waals surface area (Å²) in [5.74, 6) is 1.02. The van der Waals surface area contributed by atoms with Gasteiger partial charge in [0.1, 0.15) is 0 Å². The van der Waals surface area contributed by atoms with Crippen molar-refractivity contribution in [3.8, 4) is 0 Å². The molecule has 2 aliphatic heterocycles. The summed E-state index contributed by atoms with van der Waals surface area (Å²) >= 11 is 0. The normalized spacial score (nSPS) is 26.0. The molecule has 6 heteroatoms. The Bertz CT molecular complexity index is 406. The standard InChI is InChI=1S/C16H33N3O2S/c1-17-22(20,21)13-7-12-19-11-6-8-16(15-19)14-18-9-4-2-3-5-10-18/h16-17H,2-15H2,1H3/t16-/m1/s1. The molecule has 5 nitrogen and oxygen atoms in total. The number of rotatable bonds is 7. The van der Waals surface area contributed by atoms with Gasteiger partial charge in [0.15, 0.2) is 0 Å². The largest absolute Gasteiger partial charge is 0.303 e. The molecule has 0 unspecified atom stereocenters. The van der Waals surface area contributed by atoms with E-state index in [0.29, 0.717) is 0 Å². The van der Waals surface area contributed by atoms with E-state index in [1.807, 2.05) is 0 Å². The molecule has 2 heterocycles. The quantitative estimate of drug-likeness (QED) is 0.768. The third-order valence-corrected chi connectivity index (χ3v) is 6.46. The summed E-state index contributed by atoms with van der Waals surface area (Å²) in [6.45, 7) is 6.99. The molecule has 0 saturated carbocycles. The highest BCUT2D eigenvalue weighted by molar-refractivity contribution is 7.89. The molecule has 130 valence electrons. The van der Waals surface area contributed by atoms with Gasteiger partial charge in [0.25, 0.3) is 0 Å². The Balaban J connectivity index is 1.69. The third-order valence-electron chi connectivity index (χ3n) is 5.02. The first-order valence-electron chi connectivity index (χ1n) is 8.95. The fourth-order valence-corrected chi connectivity index (χ4v) is 4.48. The summed E-state index contributed by atoms with van der Waals surface area (Å²) < 4.78 is 25.3. The van der Waals surface area contributed by atoms with Crippen LogP contribution in [0.15, 0.2) is 0 Å². The van der Waals surface area contributed by atoms with Crippen LogP contribution in [0.3, 0.4) is 0 Å². The van der Waals surface area contributed by atoms with Crippen LogP contribution < -0.4 is 4.72 Å². The Kier molecular flexibility index (Phi) is 7.60. The van der Waals surface area contributed by atoms with Gasteiger partial charge >= 0.3 is 0 Å². The highest BCUT2D eigenvalue weighted by Gasteiger charge is 2.22. The minimum absolute atomic E-state index is 0.247. The van der Waals surface area contributed by atoms with E-state index in [-0.39, 0.29) is 5.75 Å². The lowest BCUT2D eigenvalue weighted by Gasteiger charge is -2.35. The first-order chi connectivity index (χ1) is 10.6. The number of piperidine rings is 1. The Morgan fingerprint density at radius 3 is 2.36 bits per heavy atom. The van der Waals surface area contributed by atoms with Crippen molar-refractivity contribution in [1.82, 2.24) is 14.5 Å². The SMILES string of the molecule is CNS(=O)(=O)CCCN1CCC[C@H](CN2CCCCCC2)C1. The van der Waals surface area contributed by atoms with Gasteiger partial charge in [-0.1, -0.05) is 12.8 Å². The second kappa shape index (κ2) is 9.21. The molecule has 2 fully saturated rings. The molecule has 2 rings (SSSR count). The number of hydrogen-bond acceptors (Lipinski definition) is 4. The molecule has 0 aromatic heterocycles. The predicted molar refractivity (Wildman–Crippen MR) is 91.5 cm³/mol. The Hall–Kier alpha value is -0.170. The number of likely N-dealkylation sites (tertiary alicyclic amines) is 2. The number of sulfonamides is 1. The van der Waals surface area contributed by atoms with E-state index < -0.39 is 10.0 Å². The second-order valence-electron chi connectivity index (χ2n) is 6.90. The van der Waals surface area contributed by atoms with Crippen molar-refractivity contribution in [3.63, 3.8) is 0 Å². The number of nitrogens with one attached hydrogen (secondary N) is 1. The molecule has 0 bridgehead atoms. The van der Waals surface area contributed by atoms with Gasteiger partial charge in [-0.2, -0.15) is 0 Å². The van der Waals surface area contributed by atoms with E-state index in [0.717, 1.165) is 32.0 Å². The van der Waals surface area contributed by atoms with E-state index in [1.54, 1.807) is 0 Å². The molecule has 0 spiro atoms. The van der Waals surface area contributed by atoms with Gasteiger partial charge < -0.3 is 9.80 Å². The highest BCUT2D eigenvalue weighted by Crippen LogP contribution is 2.20. The molecule has 2 aliphatic rings. The summed E-state index contributed by atoms with van der Waals surface area (Å²) in [4.78, 5) is 5.13. The van der Waals surface area contributed by atoms with Gasteiger partial charge in [-0.3, -0.25) is 0 Å². The number of hydrogen-bond donors (Lipinski definition) is 1. The van der Waals surface area contributed by atoms with Crippen LogP contribution in [0, 0.1) is 5.92 Å². The van der Waals surface area contributed by atoms with Crippen molar-refractivity contribution >= 4 is 10.0 Å². The predicted octanol–water partition coefficient (Wildman–Crippen LogP) is 1.51. The lowest BCUT2D eigenvalue weighted by molar-refractivity contribution is 0.134. The lowest BCUT2D eigenvalue weighted by Crippen LogP contribution is -2.42. The van der Waals surface area contributed by atoms with Crippen LogP contribution in [-0.4, -0.2) is 70.3 Å². The van der Waals surface area contributed by atoms with E-state index >= 15 is 0 Å². The van der Waals surface area contributed by atoms with Crippen molar-refractivity contribution in [1.29, 1.82) is 0 Å². The van der Waals surface area contributed by atoms with Gasteiger partial charge in [-0.05, 0) is 71.2 Å². The zero-order valence-electron chi connectivity index (χ0n) is 14.1. The van der Waals surface area contributed by atoms with E-state index in [4.69, 9.17) is 0 Å². The highest BCUT2D eigenvalue weighted by atomic mass is 32.2. The number of nitrogens with zero attached hydrogens (tertiary/aromatic N) is 2. The van der Waals surface area contributed by atoms with Crippen LogP contribution in [0.4, 0.5) is 0 Å². The Morgan fingerprint density at radius 1 is 1.00 bits per heavy atom. The van der Waals surface area contributed by atoms with Crippen LogP contribution in [0.5, 0.6) is 0 Å². The molecule has 2 saturated heterocycles. The maximum atomic E-state index is 11.5. The molecule has 0 radical (unpaired) electrons. The van der Waals surface area contributed by atoms with E-state index in [2.05, 4.69) is 14.5 Å². The zero-order chi connectivity index (χ0) is 15.8. The summed E-state index contributed by atoms with van der Waals surface area (Å²) in [5.41, 5.74) is 0. The van der Waals surface area contributed by atoms with Crippen LogP contribution in [0.2, 0.25) is 0 Å². The second-order valence-corrected chi connectivity index (χ2v) is 8.95. The molecule has 0 amide bonds. The minimum atomic E-state index is -3.05. The topological polar surface area (TPSA) is 52.7 Å². The molecule has 0 aromatic rings. The molecule has 1 N–H and O–H groups in total. The molecule has 0 aliphatic carbocycles. The lowest BCUT2D eigenvalue weighted by atomic mass is 9.97. The van der Waals surface area contributed by atoms with Gasteiger partial charge in [0.2, 0.25) is 10.0 Å². The van der Waals surface area contributed by atoms with Crippen molar-refractivity contribution in [2.45, 2.75) is 44.9 Å². The molecular weight excluding hydrogens is 298 g/mol. The van der Waals surface area contributed by atoms with Crippen molar-refractivity contribution < 1.29 is 8.42 Å². The van der Waals surface area contributed by atoms with Crippen molar-refractivity contribution in [3.05, 3.63) is 0 Å². The fraction of sp³-hybridized carbons (Fsp3) is 1.00. The summed E-state index contributed by atoms with van der Waals surface area (Å²) in [6, 6.07) is 0. The minimum Gasteiger partial charge on any atom is -0.303 e. The fourth-order valence-electron chi connectivity index (χ4n) is 3.77. The van der Waals surface area contributed by atoms with E-state index in [9.17, 15) is 8.42 Å². The summed E-state index contributed by atoms with van der Waals surface area (Å²) in [5, 5.41) is 0. The van der Waals surface area contributed by atoms with Gasteiger partial charge in [0.05, 0.1) is 5.75 Å². The Morgan fingerprint density at radius 2 is 1.68 bits per heavy atom. The van der Waals surface area contributed by atoms with Crippen LogP contribution >= 0.6 is 0 Å². The molecular formula is C16H33N3O2S. The smallest absolute Gasteiger partial charge is 0.211 e. The van der Waals surface area contributed by atoms with Gasteiger partial charge in [-0.15, -0.1) is 0 Å². The van der Waals surface area contributed by atoms with Crippen LogP contribution in [-0.2, 0) is 10.0 Å². The monoisotopic (exact) mass is 331 g/mol. The molecule has 1 atom stereocenters. The van der Waals surface area contributed by atoms with Crippen molar-refractivity contribution in [2.24, 2.45) is 5.92 Å².